The molecule has 3 rings (SSSR count). The van der Waals surface area contributed by atoms with Crippen molar-refractivity contribution < 1.29 is 4.92 Å². The van der Waals surface area contributed by atoms with Gasteiger partial charge in [-0.1, -0.05) is 17.7 Å². The van der Waals surface area contributed by atoms with Crippen LogP contribution in [-0.4, -0.2) is 35.5 Å². The molecule has 5 nitrogen and oxygen atoms in total. The van der Waals surface area contributed by atoms with E-state index in [1.165, 1.54) is 12.8 Å². The van der Waals surface area contributed by atoms with Crippen molar-refractivity contribution in [2.75, 3.05) is 19.6 Å². The molecule has 0 spiro atoms. The monoisotopic (exact) mass is 295 g/mol. The Balaban J connectivity index is 1.69. The third-order valence-electron chi connectivity index (χ3n) is 4.29. The Bertz CT molecular complexity index is 509. The third-order valence-corrected chi connectivity index (χ3v) is 4.61. The van der Waals surface area contributed by atoms with Gasteiger partial charge < -0.3 is 5.32 Å². The summed E-state index contributed by atoms with van der Waals surface area (Å²) >= 11 is 5.84. The fourth-order valence-electron chi connectivity index (χ4n) is 3.32. The number of nitro benzene ring substituents is 1. The minimum Gasteiger partial charge on any atom is -0.312 e. The molecule has 2 aliphatic heterocycles. The third kappa shape index (κ3) is 2.80. The van der Waals surface area contributed by atoms with Gasteiger partial charge in [0.1, 0.15) is 5.02 Å². The summed E-state index contributed by atoms with van der Waals surface area (Å²) in [6.45, 7) is 3.98. The smallest absolute Gasteiger partial charge is 0.288 e. The molecule has 20 heavy (non-hydrogen) atoms. The van der Waals surface area contributed by atoms with E-state index < -0.39 is 4.92 Å². The Morgan fingerprint density at radius 1 is 1.45 bits per heavy atom. The summed E-state index contributed by atoms with van der Waals surface area (Å²) in [6, 6.07) is 5.69. The molecule has 2 atom stereocenters. The maximum Gasteiger partial charge on any atom is 0.288 e. The fraction of sp³-hybridized carbons (Fsp3) is 0.571. The number of piperidine rings is 1. The Morgan fingerprint density at radius 2 is 2.30 bits per heavy atom. The number of nitrogens with zero attached hydrogens (tertiary/aromatic N) is 2. The summed E-state index contributed by atoms with van der Waals surface area (Å²) in [5.41, 5.74) is 0.957. The first-order valence-electron chi connectivity index (χ1n) is 7.02. The van der Waals surface area contributed by atoms with Crippen LogP contribution in [0.2, 0.25) is 5.02 Å². The number of nitro groups is 1. The number of benzene rings is 1. The molecule has 2 saturated heterocycles. The van der Waals surface area contributed by atoms with Gasteiger partial charge in [-0.05, 0) is 36.9 Å². The standard InChI is InChI=1S/C14H18ClN3O2/c15-12-4-3-10(6-14(12)18(19)20)7-17-8-11-2-1-5-16-13(11)9-17/h3-4,6,11,13,16H,1-2,5,7-9H2. The predicted molar refractivity (Wildman–Crippen MR) is 77.9 cm³/mol. The topological polar surface area (TPSA) is 58.4 Å². The predicted octanol–water partition coefficient (Wildman–Crippen LogP) is 2.43. The van der Waals surface area contributed by atoms with Gasteiger partial charge in [0.05, 0.1) is 4.92 Å². The highest BCUT2D eigenvalue weighted by Gasteiger charge is 2.34. The van der Waals surface area contributed by atoms with E-state index in [2.05, 4.69) is 10.2 Å². The summed E-state index contributed by atoms with van der Waals surface area (Å²) in [5.74, 6) is 0.728. The number of hydrogen-bond acceptors (Lipinski definition) is 4. The average molecular weight is 296 g/mol. The molecule has 108 valence electrons. The summed E-state index contributed by atoms with van der Waals surface area (Å²) in [4.78, 5) is 12.9. The van der Waals surface area contributed by atoms with Crippen LogP contribution in [0, 0.1) is 16.0 Å². The van der Waals surface area contributed by atoms with Gasteiger partial charge in [-0.15, -0.1) is 0 Å². The quantitative estimate of drug-likeness (QED) is 0.687. The lowest BCUT2D eigenvalue weighted by atomic mass is 9.94. The molecule has 0 bridgehead atoms. The van der Waals surface area contributed by atoms with Crippen LogP contribution in [0.25, 0.3) is 0 Å². The van der Waals surface area contributed by atoms with Crippen molar-refractivity contribution in [2.24, 2.45) is 5.92 Å². The number of hydrogen-bond donors (Lipinski definition) is 1. The Hall–Kier alpha value is -1.17. The largest absolute Gasteiger partial charge is 0.312 e. The molecule has 2 unspecified atom stereocenters. The highest BCUT2D eigenvalue weighted by Crippen LogP contribution is 2.29. The van der Waals surface area contributed by atoms with Gasteiger partial charge in [0.15, 0.2) is 0 Å². The minimum absolute atomic E-state index is 0.00101. The maximum absolute atomic E-state index is 10.9. The van der Waals surface area contributed by atoms with Gasteiger partial charge in [-0.3, -0.25) is 15.0 Å². The number of halogens is 1. The summed E-state index contributed by atoms with van der Waals surface area (Å²) < 4.78 is 0. The van der Waals surface area contributed by atoms with E-state index in [0.717, 1.165) is 37.7 Å². The first-order chi connectivity index (χ1) is 9.63. The molecule has 6 heteroatoms. The molecule has 2 fully saturated rings. The first-order valence-corrected chi connectivity index (χ1v) is 7.40. The van der Waals surface area contributed by atoms with Crippen LogP contribution in [0.5, 0.6) is 0 Å². The van der Waals surface area contributed by atoms with Crippen LogP contribution in [0.1, 0.15) is 18.4 Å². The Morgan fingerprint density at radius 3 is 3.05 bits per heavy atom. The van der Waals surface area contributed by atoms with E-state index in [1.54, 1.807) is 12.1 Å². The molecule has 1 N–H and O–H groups in total. The van der Waals surface area contributed by atoms with Gasteiger partial charge in [-0.2, -0.15) is 0 Å². The van der Waals surface area contributed by atoms with Crippen LogP contribution in [0.15, 0.2) is 18.2 Å². The second-order valence-corrected chi connectivity index (χ2v) is 6.11. The molecule has 0 radical (unpaired) electrons. The van der Waals surface area contributed by atoms with E-state index in [9.17, 15) is 10.1 Å². The van der Waals surface area contributed by atoms with Gasteiger partial charge >= 0.3 is 0 Å². The van der Waals surface area contributed by atoms with Crippen molar-refractivity contribution in [2.45, 2.75) is 25.4 Å². The lowest BCUT2D eigenvalue weighted by Gasteiger charge is -2.24. The molecule has 1 aromatic carbocycles. The van der Waals surface area contributed by atoms with E-state index in [4.69, 9.17) is 11.6 Å². The molecule has 0 amide bonds. The molecule has 0 aliphatic carbocycles. The van der Waals surface area contributed by atoms with E-state index in [-0.39, 0.29) is 10.7 Å². The zero-order chi connectivity index (χ0) is 14.1. The van der Waals surface area contributed by atoms with Crippen LogP contribution < -0.4 is 5.32 Å². The highest BCUT2D eigenvalue weighted by atomic mass is 35.5. The van der Waals surface area contributed by atoms with Crippen molar-refractivity contribution in [1.29, 1.82) is 0 Å². The summed E-state index contributed by atoms with van der Waals surface area (Å²) in [7, 11) is 0. The summed E-state index contributed by atoms with van der Waals surface area (Å²) in [5, 5.41) is 14.7. The second-order valence-electron chi connectivity index (χ2n) is 5.70. The molecule has 1 aromatic rings. The van der Waals surface area contributed by atoms with Crippen molar-refractivity contribution >= 4 is 17.3 Å². The Kier molecular flexibility index (Phi) is 3.92. The van der Waals surface area contributed by atoms with Gasteiger partial charge in [-0.25, -0.2) is 0 Å². The van der Waals surface area contributed by atoms with Crippen LogP contribution in [0.3, 0.4) is 0 Å². The second kappa shape index (κ2) is 5.68. The number of rotatable bonds is 3. The van der Waals surface area contributed by atoms with Gasteiger partial charge in [0.2, 0.25) is 0 Å². The van der Waals surface area contributed by atoms with Gasteiger partial charge in [0.25, 0.3) is 5.69 Å². The lowest BCUT2D eigenvalue weighted by molar-refractivity contribution is -0.384. The van der Waals surface area contributed by atoms with Crippen molar-refractivity contribution in [3.63, 3.8) is 0 Å². The molecule has 0 aromatic heterocycles. The number of fused-ring (bicyclic) bond motifs is 1. The van der Waals surface area contributed by atoms with Crippen LogP contribution >= 0.6 is 11.6 Å². The highest BCUT2D eigenvalue weighted by molar-refractivity contribution is 6.32. The zero-order valence-electron chi connectivity index (χ0n) is 11.2. The van der Waals surface area contributed by atoms with Crippen LogP contribution in [0.4, 0.5) is 5.69 Å². The van der Waals surface area contributed by atoms with Gasteiger partial charge in [0, 0.05) is 31.7 Å². The average Bonchev–Trinajstić information content (AvgIpc) is 2.82. The van der Waals surface area contributed by atoms with E-state index in [0.29, 0.717) is 6.04 Å². The summed E-state index contributed by atoms with van der Waals surface area (Å²) in [6.07, 6.45) is 2.54. The van der Waals surface area contributed by atoms with Crippen molar-refractivity contribution in [3.05, 3.63) is 38.9 Å². The minimum atomic E-state index is -0.419. The van der Waals surface area contributed by atoms with E-state index >= 15 is 0 Å². The zero-order valence-corrected chi connectivity index (χ0v) is 12.0. The molecule has 2 heterocycles. The Labute approximate surface area is 123 Å². The molecular weight excluding hydrogens is 278 g/mol. The van der Waals surface area contributed by atoms with Crippen molar-refractivity contribution in [3.8, 4) is 0 Å². The molecular formula is C14H18ClN3O2. The normalized spacial score (nSPS) is 26.4. The lowest BCUT2D eigenvalue weighted by Crippen LogP contribution is -2.40. The van der Waals surface area contributed by atoms with Crippen LogP contribution in [-0.2, 0) is 6.54 Å². The number of likely N-dealkylation sites (tertiary alicyclic amines) is 1. The van der Waals surface area contributed by atoms with E-state index in [1.807, 2.05) is 6.07 Å². The number of nitrogens with one attached hydrogen (secondary N) is 1. The molecule has 0 saturated carbocycles. The maximum atomic E-state index is 10.9. The fourth-order valence-corrected chi connectivity index (χ4v) is 3.51. The SMILES string of the molecule is O=[N+]([O-])c1cc(CN2CC3CCCNC3C2)ccc1Cl. The van der Waals surface area contributed by atoms with Crippen molar-refractivity contribution in [1.82, 2.24) is 10.2 Å². The first kappa shape index (κ1) is 13.8. The molecule has 2 aliphatic rings.